The van der Waals surface area contributed by atoms with Crippen LogP contribution < -0.4 is 4.74 Å². The second-order valence-electron chi connectivity index (χ2n) is 4.99. The third kappa shape index (κ3) is 3.10. The van der Waals surface area contributed by atoms with Gasteiger partial charge < -0.3 is 9.84 Å². The Bertz CT molecular complexity index is 810. The number of carboxylic acids is 1. The maximum atomic E-state index is 13.1. The standard InChI is InChI=1S/C17H13F3O4/c1-9-10(7-8-13(24-2)14(9)16(22)23)15(21)11-5-3-4-6-12(11)17(18,19)20/h3-8H,1-2H3,(H,22,23). The third-order valence-electron chi connectivity index (χ3n) is 3.58. The molecule has 2 aromatic carbocycles. The fourth-order valence-electron chi connectivity index (χ4n) is 2.44. The van der Waals surface area contributed by atoms with E-state index >= 15 is 0 Å². The molecule has 0 bridgehead atoms. The van der Waals surface area contributed by atoms with Gasteiger partial charge in [-0.2, -0.15) is 13.2 Å². The maximum Gasteiger partial charge on any atom is 0.417 e. The van der Waals surface area contributed by atoms with Gasteiger partial charge in [0.25, 0.3) is 0 Å². The highest BCUT2D eigenvalue weighted by atomic mass is 19.4. The van der Waals surface area contributed by atoms with Crippen molar-refractivity contribution in [2.24, 2.45) is 0 Å². The van der Waals surface area contributed by atoms with Gasteiger partial charge in [-0.1, -0.05) is 18.2 Å². The first-order chi connectivity index (χ1) is 11.2. The van der Waals surface area contributed by atoms with Gasteiger partial charge in [-0.3, -0.25) is 4.79 Å². The van der Waals surface area contributed by atoms with E-state index in [4.69, 9.17) is 4.74 Å². The molecule has 0 aliphatic heterocycles. The number of methoxy groups -OCH3 is 1. The molecule has 0 saturated heterocycles. The van der Waals surface area contributed by atoms with Gasteiger partial charge in [-0.05, 0) is 30.7 Å². The molecule has 0 spiro atoms. The lowest BCUT2D eigenvalue weighted by molar-refractivity contribution is -0.137. The van der Waals surface area contributed by atoms with E-state index in [9.17, 15) is 27.9 Å². The molecule has 7 heteroatoms. The predicted molar refractivity (Wildman–Crippen MR) is 79.6 cm³/mol. The van der Waals surface area contributed by atoms with Crippen LogP contribution in [0.15, 0.2) is 36.4 Å². The number of rotatable bonds is 4. The Balaban J connectivity index is 2.65. The van der Waals surface area contributed by atoms with E-state index in [0.29, 0.717) is 0 Å². The lowest BCUT2D eigenvalue weighted by atomic mass is 9.92. The Morgan fingerprint density at radius 3 is 2.21 bits per heavy atom. The fourth-order valence-corrected chi connectivity index (χ4v) is 2.44. The van der Waals surface area contributed by atoms with Crippen molar-refractivity contribution in [3.63, 3.8) is 0 Å². The number of aromatic carboxylic acids is 1. The summed E-state index contributed by atoms with van der Waals surface area (Å²) in [4.78, 5) is 23.9. The van der Waals surface area contributed by atoms with Gasteiger partial charge >= 0.3 is 12.1 Å². The minimum atomic E-state index is -4.69. The zero-order valence-electron chi connectivity index (χ0n) is 12.8. The van der Waals surface area contributed by atoms with E-state index in [0.717, 1.165) is 12.1 Å². The minimum Gasteiger partial charge on any atom is -0.496 e. The van der Waals surface area contributed by atoms with Crippen LogP contribution in [0.5, 0.6) is 5.75 Å². The average molecular weight is 338 g/mol. The summed E-state index contributed by atoms with van der Waals surface area (Å²) in [6.45, 7) is 1.36. The summed E-state index contributed by atoms with van der Waals surface area (Å²) in [5.41, 5.74) is -1.93. The molecule has 0 heterocycles. The fraction of sp³-hybridized carbons (Fsp3) is 0.176. The topological polar surface area (TPSA) is 63.6 Å². The number of ketones is 1. The Morgan fingerprint density at radius 2 is 1.67 bits per heavy atom. The number of carboxylic acid groups (broad SMARTS) is 1. The molecule has 0 aliphatic rings. The van der Waals surface area contributed by atoms with Crippen LogP contribution in [0.25, 0.3) is 0 Å². The van der Waals surface area contributed by atoms with Crippen molar-refractivity contribution >= 4 is 11.8 Å². The molecule has 0 radical (unpaired) electrons. The SMILES string of the molecule is COc1ccc(C(=O)c2ccccc2C(F)(F)F)c(C)c1C(=O)O. The molecule has 2 rings (SSSR count). The molecular weight excluding hydrogens is 325 g/mol. The van der Waals surface area contributed by atoms with Crippen molar-refractivity contribution < 1.29 is 32.6 Å². The highest BCUT2D eigenvalue weighted by Gasteiger charge is 2.35. The van der Waals surface area contributed by atoms with Gasteiger partial charge in [-0.15, -0.1) is 0 Å². The molecule has 126 valence electrons. The molecule has 2 aromatic rings. The largest absolute Gasteiger partial charge is 0.496 e. The molecule has 0 aromatic heterocycles. The Kier molecular flexibility index (Phi) is 4.64. The number of carbonyl (C=O) groups is 2. The number of alkyl halides is 3. The van der Waals surface area contributed by atoms with Gasteiger partial charge in [-0.25, -0.2) is 4.79 Å². The highest BCUT2D eigenvalue weighted by Crippen LogP contribution is 2.34. The quantitative estimate of drug-likeness (QED) is 0.858. The first-order valence-corrected chi connectivity index (χ1v) is 6.80. The number of ether oxygens (including phenoxy) is 1. The zero-order chi connectivity index (χ0) is 18.1. The Hall–Kier alpha value is -2.83. The monoisotopic (exact) mass is 338 g/mol. The number of hydrogen-bond donors (Lipinski definition) is 1. The second kappa shape index (κ2) is 6.35. The first-order valence-electron chi connectivity index (χ1n) is 6.80. The van der Waals surface area contributed by atoms with E-state index in [2.05, 4.69) is 0 Å². The molecule has 0 atom stereocenters. The van der Waals surface area contributed by atoms with Crippen LogP contribution in [0.2, 0.25) is 0 Å². The van der Waals surface area contributed by atoms with Gasteiger partial charge in [0, 0.05) is 11.1 Å². The van der Waals surface area contributed by atoms with Gasteiger partial charge in [0.2, 0.25) is 0 Å². The van der Waals surface area contributed by atoms with Crippen LogP contribution in [0.1, 0.15) is 37.4 Å². The van der Waals surface area contributed by atoms with Crippen molar-refractivity contribution in [2.75, 3.05) is 7.11 Å². The molecule has 1 N–H and O–H groups in total. The normalized spacial score (nSPS) is 11.2. The summed E-state index contributed by atoms with van der Waals surface area (Å²) in [6, 6.07) is 6.89. The maximum absolute atomic E-state index is 13.1. The summed E-state index contributed by atoms with van der Waals surface area (Å²) < 4.78 is 44.2. The van der Waals surface area contributed by atoms with Crippen LogP contribution in [0, 0.1) is 6.92 Å². The van der Waals surface area contributed by atoms with Crippen molar-refractivity contribution in [1.82, 2.24) is 0 Å². The Labute approximate surface area is 135 Å². The summed E-state index contributed by atoms with van der Waals surface area (Å²) in [5, 5.41) is 9.27. The van der Waals surface area contributed by atoms with E-state index in [-0.39, 0.29) is 22.4 Å². The third-order valence-corrected chi connectivity index (χ3v) is 3.58. The van der Waals surface area contributed by atoms with Crippen LogP contribution in [0.4, 0.5) is 13.2 Å². The van der Waals surface area contributed by atoms with Gasteiger partial charge in [0.05, 0.1) is 12.7 Å². The van der Waals surface area contributed by atoms with Crippen LogP contribution >= 0.6 is 0 Å². The molecule has 0 saturated carbocycles. The number of carbonyl (C=O) groups excluding carboxylic acids is 1. The van der Waals surface area contributed by atoms with Crippen molar-refractivity contribution in [3.05, 3.63) is 64.2 Å². The molecule has 0 fully saturated rings. The summed E-state index contributed by atoms with van der Waals surface area (Å²) in [5.74, 6) is -2.20. The number of benzene rings is 2. The van der Waals surface area contributed by atoms with Crippen molar-refractivity contribution in [3.8, 4) is 5.75 Å². The van der Waals surface area contributed by atoms with E-state index in [1.54, 1.807) is 0 Å². The van der Waals surface area contributed by atoms with E-state index in [1.807, 2.05) is 0 Å². The summed E-state index contributed by atoms with van der Waals surface area (Å²) in [6.07, 6.45) is -4.69. The highest BCUT2D eigenvalue weighted by molar-refractivity contribution is 6.12. The Morgan fingerprint density at radius 1 is 1.04 bits per heavy atom. The first kappa shape index (κ1) is 17.5. The number of hydrogen-bond acceptors (Lipinski definition) is 3. The summed E-state index contributed by atoms with van der Waals surface area (Å²) >= 11 is 0. The smallest absolute Gasteiger partial charge is 0.417 e. The zero-order valence-corrected chi connectivity index (χ0v) is 12.8. The predicted octanol–water partition coefficient (Wildman–Crippen LogP) is 3.95. The number of halogens is 3. The molecule has 0 amide bonds. The van der Waals surface area contributed by atoms with Crippen LogP contribution in [-0.4, -0.2) is 24.0 Å². The molecule has 0 unspecified atom stereocenters. The lowest BCUT2D eigenvalue weighted by Gasteiger charge is -2.15. The second-order valence-corrected chi connectivity index (χ2v) is 4.99. The van der Waals surface area contributed by atoms with Gasteiger partial charge in [0.15, 0.2) is 5.78 Å². The average Bonchev–Trinajstić information content (AvgIpc) is 2.52. The van der Waals surface area contributed by atoms with Crippen molar-refractivity contribution in [1.29, 1.82) is 0 Å². The molecule has 0 aliphatic carbocycles. The molecular formula is C17H13F3O4. The van der Waals surface area contributed by atoms with Crippen LogP contribution in [0.3, 0.4) is 0 Å². The van der Waals surface area contributed by atoms with Crippen LogP contribution in [-0.2, 0) is 6.18 Å². The molecule has 4 nitrogen and oxygen atoms in total. The van der Waals surface area contributed by atoms with Crippen molar-refractivity contribution in [2.45, 2.75) is 13.1 Å². The minimum absolute atomic E-state index is 0.0284. The lowest BCUT2D eigenvalue weighted by Crippen LogP contribution is -2.16. The van der Waals surface area contributed by atoms with Gasteiger partial charge in [0.1, 0.15) is 11.3 Å². The van der Waals surface area contributed by atoms with E-state index in [1.165, 1.54) is 38.3 Å². The summed E-state index contributed by atoms with van der Waals surface area (Å²) in [7, 11) is 1.27. The van der Waals surface area contributed by atoms with E-state index < -0.39 is 29.1 Å². The molecule has 24 heavy (non-hydrogen) atoms.